The SMILES string of the molecule is O=C(NCCCOCc1ccccc1)[C@@H]1CCCN(S(=O)(=O)c2ccc(F)cc2)C1. The van der Waals surface area contributed by atoms with Gasteiger partial charge in [-0.15, -0.1) is 0 Å². The van der Waals surface area contributed by atoms with Crippen molar-refractivity contribution in [3.8, 4) is 0 Å². The standard InChI is InChI=1S/C22H27FN2O4S/c23-20-9-11-21(12-10-20)30(27,28)25-14-4-8-19(16-25)22(26)24-13-5-15-29-17-18-6-2-1-3-7-18/h1-3,6-7,9-12,19H,4-5,8,13-17H2,(H,24,26)/t19-/m1/s1. The monoisotopic (exact) mass is 434 g/mol. The van der Waals surface area contributed by atoms with Crippen LogP contribution in [0.4, 0.5) is 4.39 Å². The molecular formula is C22H27FN2O4S. The van der Waals surface area contributed by atoms with E-state index < -0.39 is 15.8 Å². The Kier molecular flexibility index (Phi) is 7.95. The van der Waals surface area contributed by atoms with Crippen molar-refractivity contribution in [1.82, 2.24) is 9.62 Å². The number of hydrogen-bond acceptors (Lipinski definition) is 4. The van der Waals surface area contributed by atoms with E-state index in [9.17, 15) is 17.6 Å². The smallest absolute Gasteiger partial charge is 0.243 e. The van der Waals surface area contributed by atoms with Crippen LogP contribution >= 0.6 is 0 Å². The Balaban J connectivity index is 1.42. The molecule has 1 N–H and O–H groups in total. The van der Waals surface area contributed by atoms with Crippen molar-refractivity contribution in [3.63, 3.8) is 0 Å². The van der Waals surface area contributed by atoms with Gasteiger partial charge in [-0.2, -0.15) is 4.31 Å². The van der Waals surface area contributed by atoms with Crippen LogP contribution in [-0.4, -0.2) is 44.9 Å². The molecule has 0 aromatic heterocycles. The molecule has 0 saturated carbocycles. The Labute approximate surface area is 177 Å². The molecule has 8 heteroatoms. The zero-order chi connectivity index (χ0) is 21.4. The van der Waals surface area contributed by atoms with Gasteiger partial charge in [0.15, 0.2) is 0 Å². The van der Waals surface area contributed by atoms with Gasteiger partial charge in [0.2, 0.25) is 15.9 Å². The minimum absolute atomic E-state index is 0.0422. The van der Waals surface area contributed by atoms with Crippen molar-refractivity contribution in [2.45, 2.75) is 30.8 Å². The van der Waals surface area contributed by atoms with Gasteiger partial charge < -0.3 is 10.1 Å². The highest BCUT2D eigenvalue weighted by molar-refractivity contribution is 7.89. The van der Waals surface area contributed by atoms with Gasteiger partial charge in [-0.05, 0) is 49.1 Å². The number of amides is 1. The first-order valence-electron chi connectivity index (χ1n) is 10.1. The van der Waals surface area contributed by atoms with Crippen LogP contribution in [0.3, 0.4) is 0 Å². The molecule has 0 spiro atoms. The van der Waals surface area contributed by atoms with E-state index in [1.54, 1.807) is 0 Å². The maximum absolute atomic E-state index is 13.1. The first kappa shape index (κ1) is 22.4. The zero-order valence-electron chi connectivity index (χ0n) is 16.8. The second-order valence-electron chi connectivity index (χ2n) is 7.34. The molecule has 1 aliphatic rings. The molecular weight excluding hydrogens is 407 g/mol. The van der Waals surface area contributed by atoms with Crippen LogP contribution < -0.4 is 5.32 Å². The summed E-state index contributed by atoms with van der Waals surface area (Å²) >= 11 is 0. The summed E-state index contributed by atoms with van der Waals surface area (Å²) in [5.41, 5.74) is 1.10. The highest BCUT2D eigenvalue weighted by atomic mass is 32.2. The highest BCUT2D eigenvalue weighted by Gasteiger charge is 2.33. The minimum Gasteiger partial charge on any atom is -0.377 e. The molecule has 3 rings (SSSR count). The fourth-order valence-corrected chi connectivity index (χ4v) is 4.95. The molecule has 0 bridgehead atoms. The first-order chi connectivity index (χ1) is 14.5. The quantitative estimate of drug-likeness (QED) is 0.616. The number of nitrogens with zero attached hydrogens (tertiary/aromatic N) is 1. The summed E-state index contributed by atoms with van der Waals surface area (Å²) in [7, 11) is -3.74. The molecule has 1 heterocycles. The number of nitrogens with one attached hydrogen (secondary N) is 1. The van der Waals surface area contributed by atoms with Gasteiger partial charge in [-0.3, -0.25) is 4.79 Å². The fraction of sp³-hybridized carbons (Fsp3) is 0.409. The van der Waals surface area contributed by atoms with E-state index >= 15 is 0 Å². The summed E-state index contributed by atoms with van der Waals surface area (Å²) in [4.78, 5) is 12.5. The number of benzene rings is 2. The molecule has 2 aromatic carbocycles. The second-order valence-corrected chi connectivity index (χ2v) is 9.28. The van der Waals surface area contributed by atoms with Crippen molar-refractivity contribution in [1.29, 1.82) is 0 Å². The van der Waals surface area contributed by atoms with E-state index in [0.29, 0.717) is 45.6 Å². The molecule has 6 nitrogen and oxygen atoms in total. The molecule has 0 aliphatic carbocycles. The van der Waals surface area contributed by atoms with Crippen molar-refractivity contribution < 1.29 is 22.3 Å². The topological polar surface area (TPSA) is 75.7 Å². The van der Waals surface area contributed by atoms with Gasteiger partial charge in [0, 0.05) is 26.2 Å². The third-order valence-electron chi connectivity index (χ3n) is 5.08. The van der Waals surface area contributed by atoms with Crippen molar-refractivity contribution in [3.05, 3.63) is 66.0 Å². The van der Waals surface area contributed by atoms with Gasteiger partial charge in [-0.1, -0.05) is 30.3 Å². The molecule has 1 amide bonds. The summed E-state index contributed by atoms with van der Waals surface area (Å²) in [5.74, 6) is -1.02. The van der Waals surface area contributed by atoms with E-state index in [1.807, 2.05) is 30.3 Å². The van der Waals surface area contributed by atoms with Crippen molar-refractivity contribution in [2.75, 3.05) is 26.2 Å². The van der Waals surface area contributed by atoms with Crippen LogP contribution in [0, 0.1) is 11.7 Å². The van der Waals surface area contributed by atoms with Gasteiger partial charge in [0.05, 0.1) is 17.4 Å². The first-order valence-corrected chi connectivity index (χ1v) is 11.6. The molecule has 1 fully saturated rings. The summed E-state index contributed by atoms with van der Waals surface area (Å²) in [5, 5.41) is 2.88. The highest BCUT2D eigenvalue weighted by Crippen LogP contribution is 2.24. The van der Waals surface area contributed by atoms with Crippen molar-refractivity contribution in [2.24, 2.45) is 5.92 Å². The molecule has 0 unspecified atom stereocenters. The molecule has 1 saturated heterocycles. The van der Waals surface area contributed by atoms with E-state index in [0.717, 1.165) is 17.7 Å². The lowest BCUT2D eigenvalue weighted by Crippen LogP contribution is -2.45. The van der Waals surface area contributed by atoms with Gasteiger partial charge in [-0.25, -0.2) is 12.8 Å². The minimum atomic E-state index is -3.74. The van der Waals surface area contributed by atoms with Gasteiger partial charge in [0.1, 0.15) is 5.82 Å². The summed E-state index contributed by atoms with van der Waals surface area (Å²) in [6.45, 7) is 2.04. The normalized spacial score (nSPS) is 17.6. The number of sulfonamides is 1. The third-order valence-corrected chi connectivity index (χ3v) is 6.96. The van der Waals surface area contributed by atoms with E-state index in [1.165, 1.54) is 16.4 Å². The Bertz CT molecular complexity index is 920. The van der Waals surface area contributed by atoms with E-state index in [2.05, 4.69) is 5.32 Å². The van der Waals surface area contributed by atoms with Crippen LogP contribution in [0.25, 0.3) is 0 Å². The van der Waals surface area contributed by atoms with E-state index in [4.69, 9.17) is 4.74 Å². The second kappa shape index (κ2) is 10.7. The molecule has 0 radical (unpaired) electrons. The van der Waals surface area contributed by atoms with Gasteiger partial charge in [0.25, 0.3) is 0 Å². The molecule has 162 valence electrons. The summed E-state index contributed by atoms with van der Waals surface area (Å²) < 4.78 is 45.6. The molecule has 30 heavy (non-hydrogen) atoms. The van der Waals surface area contributed by atoms with Crippen LogP contribution in [0.1, 0.15) is 24.8 Å². The average Bonchev–Trinajstić information content (AvgIpc) is 2.77. The number of piperidine rings is 1. The van der Waals surface area contributed by atoms with Crippen LogP contribution in [-0.2, 0) is 26.2 Å². The van der Waals surface area contributed by atoms with Crippen LogP contribution in [0.15, 0.2) is 59.5 Å². The fourth-order valence-electron chi connectivity index (χ4n) is 3.42. The number of hydrogen-bond donors (Lipinski definition) is 1. The number of halogens is 1. The Hall–Kier alpha value is -2.29. The van der Waals surface area contributed by atoms with Crippen LogP contribution in [0.2, 0.25) is 0 Å². The predicted octanol–water partition coefficient (Wildman–Crippen LogP) is 2.95. The Morgan fingerprint density at radius 1 is 1.13 bits per heavy atom. The molecule has 1 atom stereocenters. The lowest BCUT2D eigenvalue weighted by atomic mass is 9.99. The lowest BCUT2D eigenvalue weighted by molar-refractivity contribution is -0.126. The number of carbonyl (C=O) groups excluding carboxylic acids is 1. The number of carbonyl (C=O) groups is 1. The summed E-state index contributed by atoms with van der Waals surface area (Å²) in [6, 6.07) is 14.6. The molecule has 2 aromatic rings. The summed E-state index contributed by atoms with van der Waals surface area (Å²) in [6.07, 6.45) is 1.94. The maximum Gasteiger partial charge on any atom is 0.243 e. The largest absolute Gasteiger partial charge is 0.377 e. The van der Waals surface area contributed by atoms with Crippen molar-refractivity contribution >= 4 is 15.9 Å². The lowest BCUT2D eigenvalue weighted by Gasteiger charge is -2.31. The maximum atomic E-state index is 13.1. The Morgan fingerprint density at radius 2 is 1.87 bits per heavy atom. The molecule has 1 aliphatic heterocycles. The van der Waals surface area contributed by atoms with Gasteiger partial charge >= 0.3 is 0 Å². The average molecular weight is 435 g/mol. The zero-order valence-corrected chi connectivity index (χ0v) is 17.6. The predicted molar refractivity (Wildman–Crippen MR) is 112 cm³/mol. The third kappa shape index (κ3) is 6.10. The Morgan fingerprint density at radius 3 is 2.60 bits per heavy atom. The number of ether oxygens (including phenoxy) is 1. The number of rotatable bonds is 9. The van der Waals surface area contributed by atoms with Crippen LogP contribution in [0.5, 0.6) is 0 Å². The van der Waals surface area contributed by atoms with E-state index in [-0.39, 0.29) is 23.3 Å².